The molecular weight excluding hydrogens is 213 g/mol. The average molecular weight is 223 g/mol. The Morgan fingerprint density at radius 1 is 1.50 bits per heavy atom. The summed E-state index contributed by atoms with van der Waals surface area (Å²) in [4.78, 5) is 25.3. The number of carbonyl (C=O) groups is 2. The Morgan fingerprint density at radius 3 is 2.62 bits per heavy atom. The van der Waals surface area contributed by atoms with Crippen LogP contribution in [-0.4, -0.2) is 21.8 Å². The summed E-state index contributed by atoms with van der Waals surface area (Å²) < 4.78 is 12.5. The van der Waals surface area contributed by atoms with Crippen molar-refractivity contribution in [3.63, 3.8) is 0 Å². The molecule has 0 saturated carbocycles. The van der Waals surface area contributed by atoms with Crippen LogP contribution in [0, 0.1) is 5.82 Å². The van der Waals surface area contributed by atoms with E-state index in [1.54, 1.807) is 0 Å². The maximum atomic E-state index is 12.5. The summed E-state index contributed by atoms with van der Waals surface area (Å²) in [6, 6.07) is 2.57. The highest BCUT2D eigenvalue weighted by molar-refractivity contribution is 6.01. The van der Waals surface area contributed by atoms with Crippen LogP contribution in [0.25, 0.3) is 6.08 Å². The van der Waals surface area contributed by atoms with Gasteiger partial charge >= 0.3 is 5.97 Å². The summed E-state index contributed by atoms with van der Waals surface area (Å²) in [6.45, 7) is 1.28. The predicted molar refractivity (Wildman–Crippen MR) is 55.1 cm³/mol. The van der Waals surface area contributed by atoms with Gasteiger partial charge in [-0.25, -0.2) is 4.39 Å². The van der Waals surface area contributed by atoms with Gasteiger partial charge in [0.25, 0.3) is 0 Å². The summed E-state index contributed by atoms with van der Waals surface area (Å²) in [5.74, 6) is -1.92. The fraction of sp³-hybridized carbons (Fsp3) is 0.182. The second-order valence-electron chi connectivity index (χ2n) is 3.20. The average Bonchev–Trinajstić information content (AvgIpc) is 2.19. The summed E-state index contributed by atoms with van der Waals surface area (Å²) in [5, 5.41) is 8.58. The minimum atomic E-state index is -1.09. The van der Waals surface area contributed by atoms with Gasteiger partial charge in [0.2, 0.25) is 0 Å². The van der Waals surface area contributed by atoms with Crippen molar-refractivity contribution in [1.29, 1.82) is 0 Å². The molecule has 0 aliphatic carbocycles. The number of pyridine rings is 1. The molecule has 0 amide bonds. The van der Waals surface area contributed by atoms with Gasteiger partial charge in [-0.3, -0.25) is 14.6 Å². The Morgan fingerprint density at radius 2 is 2.19 bits per heavy atom. The van der Waals surface area contributed by atoms with Crippen LogP contribution in [0.4, 0.5) is 4.39 Å². The van der Waals surface area contributed by atoms with E-state index in [1.807, 2.05) is 0 Å². The molecule has 1 aromatic heterocycles. The van der Waals surface area contributed by atoms with Crippen LogP contribution in [0.5, 0.6) is 0 Å². The van der Waals surface area contributed by atoms with Crippen molar-refractivity contribution in [2.24, 2.45) is 0 Å². The Labute approximate surface area is 91.4 Å². The third-order valence-electron chi connectivity index (χ3n) is 1.87. The van der Waals surface area contributed by atoms with E-state index in [2.05, 4.69) is 4.98 Å². The van der Waals surface area contributed by atoms with Gasteiger partial charge in [0, 0.05) is 5.57 Å². The zero-order chi connectivity index (χ0) is 12.1. The number of aromatic nitrogens is 1. The third kappa shape index (κ3) is 3.61. The number of rotatable bonds is 4. The van der Waals surface area contributed by atoms with E-state index in [4.69, 9.17) is 5.11 Å². The monoisotopic (exact) mass is 223 g/mol. The van der Waals surface area contributed by atoms with Crippen molar-refractivity contribution in [3.8, 4) is 0 Å². The van der Waals surface area contributed by atoms with Gasteiger partial charge in [0.1, 0.15) is 5.82 Å². The molecule has 0 unspecified atom stereocenters. The normalized spacial score (nSPS) is 11.2. The third-order valence-corrected chi connectivity index (χ3v) is 1.87. The second-order valence-corrected chi connectivity index (χ2v) is 3.20. The van der Waals surface area contributed by atoms with E-state index in [1.165, 1.54) is 25.1 Å². The molecule has 84 valence electrons. The van der Waals surface area contributed by atoms with Crippen LogP contribution >= 0.6 is 0 Å². The zero-order valence-corrected chi connectivity index (χ0v) is 8.61. The molecule has 0 spiro atoms. The van der Waals surface area contributed by atoms with Gasteiger partial charge in [-0.2, -0.15) is 0 Å². The number of aliphatic carboxylic acids is 1. The summed E-state index contributed by atoms with van der Waals surface area (Å²) >= 11 is 0. The van der Waals surface area contributed by atoms with Gasteiger partial charge in [0.05, 0.1) is 18.3 Å². The van der Waals surface area contributed by atoms with Crippen LogP contribution < -0.4 is 0 Å². The van der Waals surface area contributed by atoms with Crippen molar-refractivity contribution < 1.29 is 19.1 Å². The number of Topliss-reactive ketones (excluding diaryl/α,β-unsaturated/α-hetero) is 1. The summed E-state index contributed by atoms with van der Waals surface area (Å²) in [7, 11) is 0. The molecule has 4 nitrogen and oxygen atoms in total. The Bertz CT molecular complexity index is 437. The molecular formula is C11H10FNO3. The maximum absolute atomic E-state index is 12.5. The molecule has 0 bridgehead atoms. The van der Waals surface area contributed by atoms with Crippen molar-refractivity contribution in [3.05, 3.63) is 35.4 Å². The first-order chi connectivity index (χ1) is 7.49. The standard InChI is InChI=1S/C11H10FNO3/c1-7(14)8(5-11(15)16)4-10-3-2-9(12)6-13-10/h2-4,6H,5H2,1H3,(H,15,16). The molecule has 1 heterocycles. The molecule has 0 aliphatic rings. The number of nitrogens with zero attached hydrogens (tertiary/aromatic N) is 1. The van der Waals surface area contributed by atoms with Gasteiger partial charge < -0.3 is 5.11 Å². The highest BCUT2D eigenvalue weighted by atomic mass is 19.1. The quantitative estimate of drug-likeness (QED) is 0.788. The number of carboxylic acid groups (broad SMARTS) is 1. The number of carboxylic acids is 1. The molecule has 0 fully saturated rings. The van der Waals surface area contributed by atoms with Gasteiger partial charge in [-0.15, -0.1) is 0 Å². The van der Waals surface area contributed by atoms with Crippen LogP contribution in [0.2, 0.25) is 0 Å². The molecule has 0 aliphatic heterocycles. The van der Waals surface area contributed by atoms with Crippen molar-refractivity contribution in [2.45, 2.75) is 13.3 Å². The fourth-order valence-electron chi connectivity index (χ4n) is 1.09. The van der Waals surface area contributed by atoms with E-state index < -0.39 is 11.8 Å². The van der Waals surface area contributed by atoms with Crippen LogP contribution in [-0.2, 0) is 9.59 Å². The van der Waals surface area contributed by atoms with Crippen molar-refractivity contribution in [1.82, 2.24) is 4.98 Å². The van der Waals surface area contributed by atoms with E-state index in [-0.39, 0.29) is 17.8 Å². The molecule has 1 aromatic rings. The van der Waals surface area contributed by atoms with E-state index in [9.17, 15) is 14.0 Å². The minimum absolute atomic E-state index is 0.131. The van der Waals surface area contributed by atoms with Crippen molar-refractivity contribution >= 4 is 17.8 Å². The van der Waals surface area contributed by atoms with Crippen molar-refractivity contribution in [2.75, 3.05) is 0 Å². The lowest BCUT2D eigenvalue weighted by Gasteiger charge is -1.99. The first kappa shape index (κ1) is 12.0. The number of carbonyl (C=O) groups excluding carboxylic acids is 1. The highest BCUT2D eigenvalue weighted by Gasteiger charge is 2.09. The second kappa shape index (κ2) is 5.16. The molecule has 0 aromatic carbocycles. The lowest BCUT2D eigenvalue weighted by atomic mass is 10.1. The highest BCUT2D eigenvalue weighted by Crippen LogP contribution is 2.09. The number of halogens is 1. The topological polar surface area (TPSA) is 67.3 Å². The van der Waals surface area contributed by atoms with Crippen LogP contribution in [0.15, 0.2) is 23.9 Å². The smallest absolute Gasteiger partial charge is 0.307 e. The van der Waals surface area contributed by atoms with Crippen LogP contribution in [0.1, 0.15) is 19.0 Å². The molecule has 5 heteroatoms. The molecule has 0 saturated heterocycles. The Balaban J connectivity index is 2.97. The fourth-order valence-corrected chi connectivity index (χ4v) is 1.09. The van der Waals surface area contributed by atoms with Crippen LogP contribution in [0.3, 0.4) is 0 Å². The van der Waals surface area contributed by atoms with Gasteiger partial charge in [-0.1, -0.05) is 0 Å². The summed E-state index contributed by atoms with van der Waals surface area (Å²) in [5.41, 5.74) is 0.486. The lowest BCUT2D eigenvalue weighted by molar-refractivity contribution is -0.136. The Hall–Kier alpha value is -2.04. The maximum Gasteiger partial charge on any atom is 0.307 e. The van der Waals surface area contributed by atoms with Gasteiger partial charge in [0.15, 0.2) is 5.78 Å². The van der Waals surface area contributed by atoms with E-state index in [0.29, 0.717) is 5.69 Å². The molecule has 1 rings (SSSR count). The summed E-state index contributed by atoms with van der Waals surface area (Å²) in [6.07, 6.45) is 1.98. The number of hydrogen-bond donors (Lipinski definition) is 1. The molecule has 16 heavy (non-hydrogen) atoms. The van der Waals surface area contributed by atoms with E-state index >= 15 is 0 Å². The number of hydrogen-bond acceptors (Lipinski definition) is 3. The first-order valence-corrected chi connectivity index (χ1v) is 4.54. The minimum Gasteiger partial charge on any atom is -0.481 e. The van der Waals surface area contributed by atoms with E-state index in [0.717, 1.165) is 6.20 Å². The van der Waals surface area contributed by atoms with Gasteiger partial charge in [-0.05, 0) is 25.1 Å². The molecule has 1 N–H and O–H groups in total. The molecule has 0 atom stereocenters. The Kier molecular flexibility index (Phi) is 3.88. The largest absolute Gasteiger partial charge is 0.481 e. The lowest BCUT2D eigenvalue weighted by Crippen LogP contribution is -2.04. The predicted octanol–water partition coefficient (Wildman–Crippen LogP) is 1.67. The number of ketones is 1. The first-order valence-electron chi connectivity index (χ1n) is 4.54. The molecule has 0 radical (unpaired) electrons. The SMILES string of the molecule is CC(=O)C(=Cc1ccc(F)cn1)CC(=O)O. The zero-order valence-electron chi connectivity index (χ0n) is 8.61.